The lowest BCUT2D eigenvalue weighted by Crippen LogP contribution is -2.39. The molecular weight excluding hydrogens is 208 g/mol. The SMILES string of the molecule is CN1CCCC(CNC(=O)CC(N)=NO)C1. The van der Waals surface area contributed by atoms with Crippen molar-refractivity contribution in [3.05, 3.63) is 0 Å². The average molecular weight is 228 g/mol. The Hall–Kier alpha value is -1.30. The van der Waals surface area contributed by atoms with E-state index in [0.717, 1.165) is 19.5 Å². The number of amidine groups is 1. The van der Waals surface area contributed by atoms with Crippen LogP contribution in [0.1, 0.15) is 19.3 Å². The number of nitrogens with zero attached hydrogens (tertiary/aromatic N) is 2. The highest BCUT2D eigenvalue weighted by Crippen LogP contribution is 2.13. The van der Waals surface area contributed by atoms with Crippen molar-refractivity contribution in [2.45, 2.75) is 19.3 Å². The summed E-state index contributed by atoms with van der Waals surface area (Å²) >= 11 is 0. The maximum absolute atomic E-state index is 11.3. The lowest BCUT2D eigenvalue weighted by molar-refractivity contribution is -0.120. The predicted octanol–water partition coefficient (Wildman–Crippen LogP) is -0.419. The van der Waals surface area contributed by atoms with E-state index in [2.05, 4.69) is 22.4 Å². The summed E-state index contributed by atoms with van der Waals surface area (Å²) in [5.74, 6) is 0.261. The van der Waals surface area contributed by atoms with E-state index in [-0.39, 0.29) is 18.2 Å². The molecule has 0 aromatic carbocycles. The highest BCUT2D eigenvalue weighted by atomic mass is 16.4. The molecule has 0 spiro atoms. The zero-order valence-corrected chi connectivity index (χ0v) is 9.65. The Morgan fingerprint density at radius 2 is 2.44 bits per heavy atom. The van der Waals surface area contributed by atoms with Gasteiger partial charge in [0.1, 0.15) is 5.84 Å². The molecule has 1 atom stereocenters. The smallest absolute Gasteiger partial charge is 0.227 e. The van der Waals surface area contributed by atoms with E-state index in [9.17, 15) is 4.79 Å². The number of likely N-dealkylation sites (tertiary alicyclic amines) is 1. The largest absolute Gasteiger partial charge is 0.409 e. The molecule has 0 bridgehead atoms. The van der Waals surface area contributed by atoms with Crippen molar-refractivity contribution in [1.82, 2.24) is 10.2 Å². The zero-order valence-electron chi connectivity index (χ0n) is 9.65. The number of nitrogens with two attached hydrogens (primary N) is 1. The van der Waals surface area contributed by atoms with Crippen LogP contribution < -0.4 is 11.1 Å². The third kappa shape index (κ3) is 4.48. The molecule has 1 aliphatic heterocycles. The van der Waals surface area contributed by atoms with Crippen LogP contribution >= 0.6 is 0 Å². The molecule has 16 heavy (non-hydrogen) atoms. The van der Waals surface area contributed by atoms with E-state index in [0.29, 0.717) is 12.5 Å². The van der Waals surface area contributed by atoms with Gasteiger partial charge in [0.15, 0.2) is 0 Å². The molecule has 1 aliphatic rings. The molecule has 1 amide bonds. The van der Waals surface area contributed by atoms with Crippen LogP contribution in [0.25, 0.3) is 0 Å². The van der Waals surface area contributed by atoms with Gasteiger partial charge in [-0.1, -0.05) is 5.16 Å². The Morgan fingerprint density at radius 1 is 1.69 bits per heavy atom. The van der Waals surface area contributed by atoms with Gasteiger partial charge in [-0.05, 0) is 32.4 Å². The van der Waals surface area contributed by atoms with Crippen LogP contribution in [0.15, 0.2) is 5.16 Å². The van der Waals surface area contributed by atoms with E-state index in [4.69, 9.17) is 10.9 Å². The Balaban J connectivity index is 2.21. The molecule has 0 radical (unpaired) electrons. The highest BCUT2D eigenvalue weighted by Gasteiger charge is 2.17. The van der Waals surface area contributed by atoms with Crippen LogP contribution in [-0.2, 0) is 4.79 Å². The highest BCUT2D eigenvalue weighted by molar-refractivity contribution is 5.98. The Morgan fingerprint density at radius 3 is 3.06 bits per heavy atom. The summed E-state index contributed by atoms with van der Waals surface area (Å²) in [6, 6.07) is 0. The zero-order chi connectivity index (χ0) is 12.0. The van der Waals surface area contributed by atoms with Crippen LogP contribution in [0.3, 0.4) is 0 Å². The third-order valence-electron chi connectivity index (χ3n) is 2.78. The van der Waals surface area contributed by atoms with Crippen molar-refractivity contribution in [3.63, 3.8) is 0 Å². The maximum atomic E-state index is 11.3. The summed E-state index contributed by atoms with van der Waals surface area (Å²) in [5, 5.41) is 13.9. The van der Waals surface area contributed by atoms with Crippen molar-refractivity contribution in [2.24, 2.45) is 16.8 Å². The number of oxime groups is 1. The van der Waals surface area contributed by atoms with E-state index in [1.165, 1.54) is 6.42 Å². The van der Waals surface area contributed by atoms with Crippen LogP contribution in [0, 0.1) is 5.92 Å². The number of rotatable bonds is 4. The topological polar surface area (TPSA) is 91.0 Å². The van der Waals surface area contributed by atoms with Gasteiger partial charge in [-0.15, -0.1) is 0 Å². The molecule has 0 saturated carbocycles. The molecule has 0 aromatic rings. The number of carbonyl (C=O) groups is 1. The number of nitrogens with one attached hydrogen (secondary N) is 1. The standard InChI is InChI=1S/C10H20N4O2/c1-14-4-2-3-8(7-14)6-12-10(15)5-9(11)13-16/h8,16H,2-7H2,1H3,(H2,11,13)(H,12,15). The minimum atomic E-state index is -0.191. The van der Waals surface area contributed by atoms with Gasteiger partial charge in [-0.25, -0.2) is 0 Å². The first-order valence-electron chi connectivity index (χ1n) is 5.53. The molecule has 6 heteroatoms. The average Bonchev–Trinajstić information content (AvgIpc) is 2.26. The van der Waals surface area contributed by atoms with E-state index in [1.54, 1.807) is 0 Å². The lowest BCUT2D eigenvalue weighted by Gasteiger charge is -2.29. The van der Waals surface area contributed by atoms with Gasteiger partial charge >= 0.3 is 0 Å². The summed E-state index contributed by atoms with van der Waals surface area (Å²) in [6.45, 7) is 2.82. The van der Waals surface area contributed by atoms with Crippen molar-refractivity contribution in [2.75, 3.05) is 26.7 Å². The number of hydrogen-bond donors (Lipinski definition) is 3. The molecule has 1 heterocycles. The van der Waals surface area contributed by atoms with Gasteiger partial charge in [0, 0.05) is 13.1 Å². The van der Waals surface area contributed by atoms with Crippen molar-refractivity contribution < 1.29 is 10.0 Å². The molecular formula is C10H20N4O2. The molecule has 1 unspecified atom stereocenters. The molecule has 1 fully saturated rings. The normalized spacial score (nSPS) is 23.1. The summed E-state index contributed by atoms with van der Waals surface area (Å²) < 4.78 is 0. The van der Waals surface area contributed by atoms with Gasteiger partial charge in [0.05, 0.1) is 6.42 Å². The van der Waals surface area contributed by atoms with Crippen molar-refractivity contribution >= 4 is 11.7 Å². The summed E-state index contributed by atoms with van der Waals surface area (Å²) in [6.07, 6.45) is 2.28. The fourth-order valence-corrected chi connectivity index (χ4v) is 1.96. The summed E-state index contributed by atoms with van der Waals surface area (Å²) in [4.78, 5) is 13.6. The molecule has 92 valence electrons. The molecule has 1 rings (SSSR count). The first-order chi connectivity index (χ1) is 7.61. The van der Waals surface area contributed by atoms with Gasteiger partial charge in [-0.3, -0.25) is 4.79 Å². The van der Waals surface area contributed by atoms with Gasteiger partial charge in [-0.2, -0.15) is 0 Å². The number of hydrogen-bond acceptors (Lipinski definition) is 4. The minimum absolute atomic E-state index is 0.0426. The molecule has 0 aromatic heterocycles. The molecule has 1 saturated heterocycles. The Kier molecular flexibility index (Phi) is 5.04. The van der Waals surface area contributed by atoms with Crippen LogP contribution in [0.4, 0.5) is 0 Å². The lowest BCUT2D eigenvalue weighted by atomic mass is 9.98. The molecule has 0 aliphatic carbocycles. The van der Waals surface area contributed by atoms with E-state index >= 15 is 0 Å². The second kappa shape index (κ2) is 6.32. The van der Waals surface area contributed by atoms with Crippen LogP contribution in [0.5, 0.6) is 0 Å². The van der Waals surface area contributed by atoms with Crippen LogP contribution in [0.2, 0.25) is 0 Å². The molecule has 6 nitrogen and oxygen atoms in total. The summed E-state index contributed by atoms with van der Waals surface area (Å²) in [7, 11) is 2.09. The van der Waals surface area contributed by atoms with Crippen molar-refractivity contribution in [3.8, 4) is 0 Å². The van der Waals surface area contributed by atoms with Gasteiger partial charge < -0.3 is 21.2 Å². The Bertz CT molecular complexity index is 268. The quantitative estimate of drug-likeness (QED) is 0.264. The fraction of sp³-hybridized carbons (Fsp3) is 0.800. The second-order valence-corrected chi connectivity index (χ2v) is 4.34. The first kappa shape index (κ1) is 12.8. The first-order valence-corrected chi connectivity index (χ1v) is 5.53. The summed E-state index contributed by atoms with van der Waals surface area (Å²) in [5.41, 5.74) is 5.24. The third-order valence-corrected chi connectivity index (χ3v) is 2.78. The predicted molar refractivity (Wildman–Crippen MR) is 61.3 cm³/mol. The number of piperidine rings is 1. The van der Waals surface area contributed by atoms with Crippen LogP contribution in [-0.4, -0.2) is 48.5 Å². The monoisotopic (exact) mass is 228 g/mol. The fourth-order valence-electron chi connectivity index (χ4n) is 1.96. The number of carbonyl (C=O) groups excluding carboxylic acids is 1. The second-order valence-electron chi connectivity index (χ2n) is 4.34. The Labute approximate surface area is 95.5 Å². The van der Waals surface area contributed by atoms with E-state index < -0.39 is 0 Å². The minimum Gasteiger partial charge on any atom is -0.409 e. The number of amides is 1. The molecule has 4 N–H and O–H groups in total. The maximum Gasteiger partial charge on any atom is 0.227 e. The van der Waals surface area contributed by atoms with Gasteiger partial charge in [0.25, 0.3) is 0 Å². The van der Waals surface area contributed by atoms with E-state index in [1.807, 2.05) is 0 Å². The van der Waals surface area contributed by atoms with Gasteiger partial charge in [0.2, 0.25) is 5.91 Å². The van der Waals surface area contributed by atoms with Crippen molar-refractivity contribution in [1.29, 1.82) is 0 Å².